The van der Waals surface area contributed by atoms with Crippen LogP contribution in [0.4, 0.5) is 0 Å². The number of aliphatic hydroxyl groups excluding tert-OH is 1. The first-order valence-corrected chi connectivity index (χ1v) is 6.00. The molecule has 1 atom stereocenters. The highest BCUT2D eigenvalue weighted by Crippen LogP contribution is 2.18. The van der Waals surface area contributed by atoms with Gasteiger partial charge in [-0.05, 0) is 25.8 Å². The summed E-state index contributed by atoms with van der Waals surface area (Å²) in [5.74, 6) is 1.46. The molecule has 0 spiro atoms. The molecule has 1 saturated heterocycles. The minimum Gasteiger partial charge on any atom is -0.395 e. The van der Waals surface area contributed by atoms with E-state index < -0.39 is 0 Å². The van der Waals surface area contributed by atoms with Crippen molar-refractivity contribution < 1.29 is 9.63 Å². The molecule has 1 aliphatic rings. The fourth-order valence-corrected chi connectivity index (χ4v) is 2.16. The van der Waals surface area contributed by atoms with Gasteiger partial charge in [0.25, 0.3) is 0 Å². The van der Waals surface area contributed by atoms with Crippen molar-refractivity contribution >= 4 is 0 Å². The molecule has 2 rings (SSSR count). The van der Waals surface area contributed by atoms with Crippen LogP contribution in [0, 0.1) is 0 Å². The highest BCUT2D eigenvalue weighted by atomic mass is 16.5. The van der Waals surface area contributed by atoms with Crippen LogP contribution in [0.5, 0.6) is 0 Å². The standard InChI is InChI=1S/C11H19N3O2/c1-2-4-11-12-10(13-16-11)7-14-6-3-5-9(14)8-15/h9,15H,2-8H2,1H3/t9-/m0/s1. The Morgan fingerprint density at radius 1 is 1.56 bits per heavy atom. The van der Waals surface area contributed by atoms with Crippen molar-refractivity contribution in [3.05, 3.63) is 11.7 Å². The monoisotopic (exact) mass is 225 g/mol. The number of hydrogen-bond acceptors (Lipinski definition) is 5. The maximum atomic E-state index is 9.20. The van der Waals surface area contributed by atoms with E-state index in [0.29, 0.717) is 6.54 Å². The van der Waals surface area contributed by atoms with Gasteiger partial charge in [0.2, 0.25) is 5.89 Å². The van der Waals surface area contributed by atoms with Gasteiger partial charge >= 0.3 is 0 Å². The molecule has 0 saturated carbocycles. The number of hydrogen-bond donors (Lipinski definition) is 1. The molecule has 0 unspecified atom stereocenters. The SMILES string of the molecule is CCCc1nc(CN2CCC[C@H]2CO)no1. The first-order chi connectivity index (χ1) is 7.83. The molecule has 1 N–H and O–H groups in total. The topological polar surface area (TPSA) is 62.4 Å². The van der Waals surface area contributed by atoms with Gasteiger partial charge in [-0.2, -0.15) is 4.98 Å². The van der Waals surface area contributed by atoms with E-state index in [9.17, 15) is 5.11 Å². The molecule has 1 aliphatic heterocycles. The van der Waals surface area contributed by atoms with Crippen molar-refractivity contribution in [3.63, 3.8) is 0 Å². The zero-order valence-electron chi connectivity index (χ0n) is 9.72. The molecular weight excluding hydrogens is 206 g/mol. The molecule has 1 aromatic rings. The van der Waals surface area contributed by atoms with E-state index in [0.717, 1.165) is 43.9 Å². The van der Waals surface area contributed by atoms with Gasteiger partial charge in [-0.25, -0.2) is 0 Å². The fourth-order valence-electron chi connectivity index (χ4n) is 2.16. The van der Waals surface area contributed by atoms with E-state index in [2.05, 4.69) is 22.0 Å². The number of aromatic nitrogens is 2. The fraction of sp³-hybridized carbons (Fsp3) is 0.818. The van der Waals surface area contributed by atoms with E-state index in [-0.39, 0.29) is 12.6 Å². The smallest absolute Gasteiger partial charge is 0.226 e. The van der Waals surface area contributed by atoms with Crippen molar-refractivity contribution in [3.8, 4) is 0 Å². The van der Waals surface area contributed by atoms with E-state index >= 15 is 0 Å². The summed E-state index contributed by atoms with van der Waals surface area (Å²) >= 11 is 0. The summed E-state index contributed by atoms with van der Waals surface area (Å²) in [6.45, 7) is 4.02. The summed E-state index contributed by atoms with van der Waals surface area (Å²) in [5.41, 5.74) is 0. The molecule has 0 bridgehead atoms. The summed E-state index contributed by atoms with van der Waals surface area (Å²) in [4.78, 5) is 6.55. The van der Waals surface area contributed by atoms with Crippen LogP contribution in [0.25, 0.3) is 0 Å². The van der Waals surface area contributed by atoms with Crippen LogP contribution in [0.3, 0.4) is 0 Å². The van der Waals surface area contributed by atoms with E-state index in [1.54, 1.807) is 0 Å². The Morgan fingerprint density at radius 3 is 3.19 bits per heavy atom. The maximum absolute atomic E-state index is 9.20. The van der Waals surface area contributed by atoms with Gasteiger partial charge in [0, 0.05) is 12.5 Å². The molecular formula is C11H19N3O2. The first-order valence-electron chi connectivity index (χ1n) is 6.00. The second kappa shape index (κ2) is 5.41. The molecule has 5 nitrogen and oxygen atoms in total. The van der Waals surface area contributed by atoms with Crippen LogP contribution in [-0.4, -0.2) is 39.3 Å². The second-order valence-corrected chi connectivity index (χ2v) is 4.30. The Labute approximate surface area is 95.4 Å². The molecule has 0 aromatic carbocycles. The van der Waals surface area contributed by atoms with Crippen LogP contribution in [0.15, 0.2) is 4.52 Å². The average Bonchev–Trinajstić information content (AvgIpc) is 2.89. The lowest BCUT2D eigenvalue weighted by molar-refractivity contribution is 0.150. The van der Waals surface area contributed by atoms with Gasteiger partial charge in [-0.3, -0.25) is 4.90 Å². The van der Waals surface area contributed by atoms with E-state index in [4.69, 9.17) is 4.52 Å². The number of rotatable bonds is 5. The third-order valence-electron chi connectivity index (χ3n) is 3.03. The lowest BCUT2D eigenvalue weighted by atomic mass is 10.2. The summed E-state index contributed by atoms with van der Waals surface area (Å²) in [6.07, 6.45) is 4.07. The molecule has 1 fully saturated rings. The summed E-state index contributed by atoms with van der Waals surface area (Å²) < 4.78 is 5.13. The largest absolute Gasteiger partial charge is 0.395 e. The van der Waals surface area contributed by atoms with Crippen molar-refractivity contribution in [1.29, 1.82) is 0 Å². The quantitative estimate of drug-likeness (QED) is 0.809. The zero-order chi connectivity index (χ0) is 11.4. The Hall–Kier alpha value is -0.940. The predicted molar refractivity (Wildman–Crippen MR) is 58.8 cm³/mol. The van der Waals surface area contributed by atoms with Gasteiger partial charge in [-0.15, -0.1) is 0 Å². The first kappa shape index (κ1) is 11.5. The predicted octanol–water partition coefficient (Wildman–Crippen LogP) is 0.979. The Balaban J connectivity index is 1.92. The highest BCUT2D eigenvalue weighted by molar-refractivity contribution is 4.89. The number of aryl methyl sites for hydroxylation is 1. The summed E-state index contributed by atoms with van der Waals surface area (Å²) in [5, 5.41) is 13.2. The van der Waals surface area contributed by atoms with Gasteiger partial charge < -0.3 is 9.63 Å². The Kier molecular flexibility index (Phi) is 3.90. The van der Waals surface area contributed by atoms with Crippen LogP contribution < -0.4 is 0 Å². The summed E-state index contributed by atoms with van der Waals surface area (Å²) in [6, 6.07) is 0.271. The number of likely N-dealkylation sites (tertiary alicyclic amines) is 1. The molecule has 2 heterocycles. The van der Waals surface area contributed by atoms with Gasteiger partial charge in [0.1, 0.15) is 0 Å². The zero-order valence-corrected chi connectivity index (χ0v) is 9.72. The lowest BCUT2D eigenvalue weighted by Crippen LogP contribution is -2.31. The average molecular weight is 225 g/mol. The normalized spacial score (nSPS) is 21.8. The number of aliphatic hydroxyl groups is 1. The molecule has 16 heavy (non-hydrogen) atoms. The van der Waals surface area contributed by atoms with Crippen molar-refractivity contribution in [1.82, 2.24) is 15.0 Å². The molecule has 0 aliphatic carbocycles. The molecule has 5 heteroatoms. The minimum atomic E-state index is 0.222. The molecule has 90 valence electrons. The third kappa shape index (κ3) is 2.59. The van der Waals surface area contributed by atoms with Crippen molar-refractivity contribution in [2.45, 2.75) is 45.2 Å². The Bertz CT molecular complexity index is 327. The van der Waals surface area contributed by atoms with Crippen LogP contribution >= 0.6 is 0 Å². The van der Waals surface area contributed by atoms with Crippen LogP contribution in [0.1, 0.15) is 37.9 Å². The number of nitrogens with zero attached hydrogens (tertiary/aromatic N) is 3. The van der Waals surface area contributed by atoms with Gasteiger partial charge in [0.05, 0.1) is 13.2 Å². The second-order valence-electron chi connectivity index (χ2n) is 4.30. The Morgan fingerprint density at radius 2 is 2.44 bits per heavy atom. The lowest BCUT2D eigenvalue weighted by Gasteiger charge is -2.20. The van der Waals surface area contributed by atoms with Gasteiger partial charge in [0.15, 0.2) is 5.82 Å². The third-order valence-corrected chi connectivity index (χ3v) is 3.03. The maximum Gasteiger partial charge on any atom is 0.226 e. The van der Waals surface area contributed by atoms with E-state index in [1.165, 1.54) is 0 Å². The van der Waals surface area contributed by atoms with Crippen LogP contribution in [0.2, 0.25) is 0 Å². The molecule has 0 amide bonds. The molecule has 1 aromatic heterocycles. The van der Waals surface area contributed by atoms with E-state index in [1.807, 2.05) is 0 Å². The van der Waals surface area contributed by atoms with Gasteiger partial charge in [-0.1, -0.05) is 12.1 Å². The van der Waals surface area contributed by atoms with Crippen molar-refractivity contribution in [2.24, 2.45) is 0 Å². The molecule has 0 radical (unpaired) electrons. The highest BCUT2D eigenvalue weighted by Gasteiger charge is 2.24. The minimum absolute atomic E-state index is 0.222. The van der Waals surface area contributed by atoms with Crippen molar-refractivity contribution in [2.75, 3.05) is 13.2 Å². The summed E-state index contributed by atoms with van der Waals surface area (Å²) in [7, 11) is 0. The van der Waals surface area contributed by atoms with Crippen LogP contribution in [-0.2, 0) is 13.0 Å².